The molecule has 0 heterocycles. The minimum Gasteiger partial charge on any atom is -0.741 e. The van der Waals surface area contributed by atoms with Gasteiger partial charge >= 0.3 is 5.51 Å². The van der Waals surface area contributed by atoms with E-state index in [9.17, 15) is 13.2 Å². The van der Waals surface area contributed by atoms with Gasteiger partial charge in [0.25, 0.3) is 0 Å². The molecule has 0 saturated heterocycles. The number of benzene rings is 4. The second kappa shape index (κ2) is 11.0. The highest BCUT2D eigenvalue weighted by molar-refractivity contribution is 8.01. The molecule has 0 spiro atoms. The van der Waals surface area contributed by atoms with E-state index in [1.54, 1.807) is 7.11 Å². The Hall–Kier alpha value is -3.19. The summed E-state index contributed by atoms with van der Waals surface area (Å²) < 4.78 is 64.5. The highest BCUT2D eigenvalue weighted by atomic mass is 32.2. The molecule has 0 fully saturated rings. The van der Waals surface area contributed by atoms with E-state index in [2.05, 4.69) is 109 Å². The van der Waals surface area contributed by atoms with Crippen molar-refractivity contribution in [3.63, 3.8) is 0 Å². The van der Waals surface area contributed by atoms with Gasteiger partial charge in [0.1, 0.15) is 34.2 Å². The average Bonchev–Trinajstić information content (AvgIpc) is 2.86. The van der Waals surface area contributed by atoms with Crippen LogP contribution in [-0.4, -0.2) is 25.6 Å². The van der Waals surface area contributed by atoms with Crippen LogP contribution in [0.15, 0.2) is 115 Å². The molecule has 0 aliphatic rings. The molecule has 4 rings (SSSR count). The van der Waals surface area contributed by atoms with Crippen LogP contribution in [-0.2, 0) is 10.1 Å². The van der Waals surface area contributed by atoms with Crippen LogP contribution < -0.4 is 26.0 Å². The van der Waals surface area contributed by atoms with E-state index >= 15 is 0 Å². The van der Waals surface area contributed by atoms with Gasteiger partial charge in [0.15, 0.2) is 10.1 Å². The van der Waals surface area contributed by atoms with Gasteiger partial charge in [0.2, 0.25) is 0 Å². The number of methoxy groups -OCH3 is 1. The van der Waals surface area contributed by atoms with E-state index in [-0.39, 0.29) is 0 Å². The van der Waals surface area contributed by atoms with Crippen LogP contribution in [0.25, 0.3) is 0 Å². The Kier molecular flexibility index (Phi) is 8.33. The lowest BCUT2D eigenvalue weighted by atomic mass is 10.3. The predicted octanol–water partition coefficient (Wildman–Crippen LogP) is 4.37. The summed E-state index contributed by atoms with van der Waals surface area (Å²) in [7, 11) is -6.39. The number of alkyl halides is 3. The first-order valence-electron chi connectivity index (χ1n) is 10.3. The highest BCUT2D eigenvalue weighted by Crippen LogP contribution is 2.54. The van der Waals surface area contributed by atoms with Crippen LogP contribution >= 0.6 is 7.26 Å². The van der Waals surface area contributed by atoms with Crippen LogP contribution in [0.2, 0.25) is 0 Å². The minimum absolute atomic E-state index is 0.889. The fourth-order valence-corrected chi connectivity index (χ4v) is 7.95. The fraction of sp³-hybridized carbons (Fsp3) is 0.0769. The van der Waals surface area contributed by atoms with Crippen molar-refractivity contribution in [2.45, 2.75) is 5.51 Å². The Balaban J connectivity index is 0.000000371. The van der Waals surface area contributed by atoms with Gasteiger partial charge in [-0.3, -0.25) is 0 Å². The number of hydrogen-bond donors (Lipinski definition) is 0. The maximum atomic E-state index is 10.7. The molecule has 4 aromatic carbocycles. The molecule has 182 valence electrons. The van der Waals surface area contributed by atoms with Gasteiger partial charge in [0, 0.05) is 6.07 Å². The van der Waals surface area contributed by atoms with Crippen molar-refractivity contribution < 1.29 is 30.9 Å². The molecular weight excluding hydrogens is 496 g/mol. The van der Waals surface area contributed by atoms with E-state index in [1.165, 1.54) is 21.2 Å². The van der Waals surface area contributed by atoms with Crippen LogP contribution in [0.1, 0.15) is 0 Å². The molecule has 0 aliphatic heterocycles. The van der Waals surface area contributed by atoms with Crippen LogP contribution in [0.4, 0.5) is 13.2 Å². The Labute approximate surface area is 203 Å². The molecule has 0 unspecified atom stereocenters. The SMILES string of the molecule is COc1cccc([P+](c2ccccc2)(c2ccccc2)c2ccccc2)c1.O=S(=O)([O-])C(F)(F)F. The monoisotopic (exact) mass is 518 g/mol. The third-order valence-electron chi connectivity index (χ3n) is 5.15. The van der Waals surface area contributed by atoms with E-state index in [4.69, 9.17) is 17.7 Å². The number of hydrogen-bond acceptors (Lipinski definition) is 4. The summed E-state index contributed by atoms with van der Waals surface area (Å²) >= 11 is 0. The number of rotatable bonds is 5. The Morgan fingerprint density at radius 3 is 1.31 bits per heavy atom. The first-order valence-corrected chi connectivity index (χ1v) is 13.5. The summed E-state index contributed by atoms with van der Waals surface area (Å²) in [5, 5.41) is 5.33. The number of ether oxygens (including phenoxy) is 1. The normalized spacial score (nSPS) is 11.8. The van der Waals surface area contributed by atoms with Gasteiger partial charge in [-0.05, 0) is 48.5 Å². The fourth-order valence-electron chi connectivity index (χ4n) is 3.67. The molecule has 0 amide bonds. The van der Waals surface area contributed by atoms with Crippen molar-refractivity contribution in [2.24, 2.45) is 0 Å². The van der Waals surface area contributed by atoms with E-state index in [1.807, 2.05) is 6.07 Å². The summed E-state index contributed by atoms with van der Waals surface area (Å²) in [6.07, 6.45) is 0. The largest absolute Gasteiger partial charge is 0.741 e. The van der Waals surface area contributed by atoms with E-state index in [0.29, 0.717) is 0 Å². The summed E-state index contributed by atoms with van der Waals surface area (Å²) in [6.45, 7) is 0. The maximum absolute atomic E-state index is 10.7. The zero-order chi connectivity index (χ0) is 25.5. The molecule has 9 heteroatoms. The molecule has 0 bridgehead atoms. The Morgan fingerprint density at radius 2 is 1.00 bits per heavy atom. The Bertz CT molecular complexity index is 1230. The summed E-state index contributed by atoms with van der Waals surface area (Å²) in [4.78, 5) is 0. The van der Waals surface area contributed by atoms with Gasteiger partial charge in [-0.15, -0.1) is 0 Å². The second-order valence-electron chi connectivity index (χ2n) is 7.28. The quantitative estimate of drug-likeness (QED) is 0.224. The molecule has 4 aromatic rings. The van der Waals surface area contributed by atoms with Gasteiger partial charge in [-0.2, -0.15) is 13.2 Å². The molecule has 0 N–H and O–H groups in total. The smallest absolute Gasteiger partial charge is 0.485 e. The van der Waals surface area contributed by atoms with Crippen LogP contribution in [0, 0.1) is 0 Å². The van der Waals surface area contributed by atoms with E-state index in [0.717, 1.165) is 5.75 Å². The third-order valence-corrected chi connectivity index (χ3v) is 9.99. The first-order chi connectivity index (χ1) is 16.6. The van der Waals surface area contributed by atoms with E-state index < -0.39 is 22.9 Å². The lowest BCUT2D eigenvalue weighted by Gasteiger charge is -2.27. The molecule has 4 nitrogen and oxygen atoms in total. The molecular formula is C26H22F3O4PS. The average molecular weight is 518 g/mol. The van der Waals surface area contributed by atoms with Crippen molar-refractivity contribution in [1.82, 2.24) is 0 Å². The predicted molar refractivity (Wildman–Crippen MR) is 134 cm³/mol. The van der Waals surface area contributed by atoms with Crippen molar-refractivity contribution >= 4 is 38.6 Å². The van der Waals surface area contributed by atoms with Crippen LogP contribution in [0.3, 0.4) is 0 Å². The van der Waals surface area contributed by atoms with Crippen molar-refractivity contribution in [1.29, 1.82) is 0 Å². The van der Waals surface area contributed by atoms with Crippen molar-refractivity contribution in [3.05, 3.63) is 115 Å². The molecule has 0 atom stereocenters. The lowest BCUT2D eigenvalue weighted by Crippen LogP contribution is -2.38. The first kappa shape index (κ1) is 26.4. The molecule has 0 saturated carbocycles. The minimum atomic E-state index is -6.09. The highest BCUT2D eigenvalue weighted by Gasteiger charge is 2.47. The van der Waals surface area contributed by atoms with Gasteiger partial charge < -0.3 is 9.29 Å². The lowest BCUT2D eigenvalue weighted by molar-refractivity contribution is -0.0517. The molecule has 35 heavy (non-hydrogen) atoms. The van der Waals surface area contributed by atoms with Gasteiger partial charge in [0.05, 0.1) is 7.11 Å². The summed E-state index contributed by atoms with van der Waals surface area (Å²) in [6, 6.07) is 41.1. The molecule has 0 radical (unpaired) electrons. The molecule has 0 aromatic heterocycles. The maximum Gasteiger partial charge on any atom is 0.485 e. The third kappa shape index (κ3) is 5.90. The topological polar surface area (TPSA) is 66.4 Å². The number of halogens is 3. The van der Waals surface area contributed by atoms with Gasteiger partial charge in [-0.25, -0.2) is 8.42 Å². The second-order valence-corrected chi connectivity index (χ2v) is 12.1. The van der Waals surface area contributed by atoms with Crippen molar-refractivity contribution in [2.75, 3.05) is 7.11 Å². The standard InChI is InChI=1S/C25H22OP.CHF3O3S/c1-26-21-12-11-19-25(20-21)27(22-13-5-2-6-14-22,23-15-7-3-8-16-23)24-17-9-4-10-18-24;2-1(3,4)8(5,6)7/h2-20H,1H3;(H,5,6,7)/q+1;/p-1. The summed E-state index contributed by atoms with van der Waals surface area (Å²) in [5.74, 6) is 0.889. The van der Waals surface area contributed by atoms with Crippen LogP contribution in [0.5, 0.6) is 5.75 Å². The van der Waals surface area contributed by atoms with Gasteiger partial charge in [-0.1, -0.05) is 60.7 Å². The molecule has 0 aliphatic carbocycles. The zero-order valence-corrected chi connectivity index (χ0v) is 20.3. The zero-order valence-electron chi connectivity index (χ0n) is 18.6. The Morgan fingerprint density at radius 1 is 0.657 bits per heavy atom. The van der Waals surface area contributed by atoms with Crippen molar-refractivity contribution in [3.8, 4) is 5.75 Å². The summed E-state index contributed by atoms with van der Waals surface area (Å²) in [5.41, 5.74) is -5.65.